The Balaban J connectivity index is 1.59. The molecule has 1 aliphatic rings. The highest BCUT2D eigenvalue weighted by Gasteiger charge is 2.19. The molecular weight excluding hydrogens is 290 g/mol. The van der Waals surface area contributed by atoms with Gasteiger partial charge in [0, 0.05) is 18.8 Å². The summed E-state index contributed by atoms with van der Waals surface area (Å²) >= 11 is 3.41. The van der Waals surface area contributed by atoms with E-state index in [9.17, 15) is 0 Å². The second-order valence-electron chi connectivity index (χ2n) is 4.83. The van der Waals surface area contributed by atoms with Crippen molar-refractivity contribution in [2.24, 2.45) is 0 Å². The van der Waals surface area contributed by atoms with Gasteiger partial charge in [-0.25, -0.2) is 0 Å². The number of rotatable bonds is 5. The fraction of sp³-hybridized carbons (Fsp3) is 0.357. The molecule has 0 spiro atoms. The van der Waals surface area contributed by atoms with E-state index in [0.717, 1.165) is 23.6 Å². The predicted octanol–water partition coefficient (Wildman–Crippen LogP) is 2.95. The summed E-state index contributed by atoms with van der Waals surface area (Å²) in [6.45, 7) is 1.81. The van der Waals surface area contributed by atoms with E-state index in [4.69, 9.17) is 0 Å². The van der Waals surface area contributed by atoms with Gasteiger partial charge in [0.25, 0.3) is 0 Å². The smallest absolute Gasteiger partial charge is 0.0659 e. The van der Waals surface area contributed by atoms with Crippen molar-refractivity contribution in [3.05, 3.63) is 52.3 Å². The Morgan fingerprint density at radius 3 is 2.56 bits per heavy atom. The SMILES string of the molecule is Brc1cnn(Cc2ccc(CNC3CC3)cc2)c1. The highest BCUT2D eigenvalue weighted by Crippen LogP contribution is 2.19. The maximum absolute atomic E-state index is 4.26. The number of hydrogen-bond acceptors (Lipinski definition) is 2. The van der Waals surface area contributed by atoms with Crippen LogP contribution in [0.5, 0.6) is 0 Å². The second-order valence-corrected chi connectivity index (χ2v) is 5.74. The van der Waals surface area contributed by atoms with Crippen LogP contribution >= 0.6 is 15.9 Å². The molecule has 1 aromatic heterocycles. The van der Waals surface area contributed by atoms with Crippen LogP contribution in [0.2, 0.25) is 0 Å². The van der Waals surface area contributed by atoms with Gasteiger partial charge in [0.15, 0.2) is 0 Å². The molecule has 1 saturated carbocycles. The van der Waals surface area contributed by atoms with Crippen LogP contribution in [-0.2, 0) is 13.1 Å². The average molecular weight is 306 g/mol. The number of aromatic nitrogens is 2. The molecule has 2 aromatic rings. The summed E-state index contributed by atoms with van der Waals surface area (Å²) in [5, 5.41) is 7.78. The Morgan fingerprint density at radius 2 is 1.94 bits per heavy atom. The minimum Gasteiger partial charge on any atom is -0.310 e. The molecule has 0 amide bonds. The lowest BCUT2D eigenvalue weighted by molar-refractivity contribution is 0.679. The topological polar surface area (TPSA) is 29.9 Å². The molecule has 0 aliphatic heterocycles. The van der Waals surface area contributed by atoms with E-state index in [-0.39, 0.29) is 0 Å². The zero-order valence-electron chi connectivity index (χ0n) is 10.1. The van der Waals surface area contributed by atoms with Gasteiger partial charge >= 0.3 is 0 Å². The number of halogens is 1. The van der Waals surface area contributed by atoms with Crippen molar-refractivity contribution in [2.45, 2.75) is 32.0 Å². The third kappa shape index (κ3) is 3.21. The standard InChI is InChI=1S/C14H16BrN3/c15-13-8-17-18(10-13)9-12-3-1-11(2-4-12)7-16-14-5-6-14/h1-4,8,10,14,16H,5-7,9H2. The molecule has 18 heavy (non-hydrogen) atoms. The fourth-order valence-electron chi connectivity index (χ4n) is 1.92. The first-order chi connectivity index (χ1) is 8.79. The average Bonchev–Trinajstić information content (AvgIpc) is 3.12. The molecule has 94 valence electrons. The van der Waals surface area contributed by atoms with E-state index >= 15 is 0 Å². The Bertz CT molecular complexity index is 514. The first-order valence-corrected chi connectivity index (χ1v) is 7.08. The minimum atomic E-state index is 0.770. The summed E-state index contributed by atoms with van der Waals surface area (Å²) in [5.74, 6) is 0. The van der Waals surface area contributed by atoms with Gasteiger partial charge in [0.2, 0.25) is 0 Å². The molecule has 1 N–H and O–H groups in total. The van der Waals surface area contributed by atoms with Crippen LogP contribution in [0.1, 0.15) is 24.0 Å². The van der Waals surface area contributed by atoms with Crippen molar-refractivity contribution in [1.82, 2.24) is 15.1 Å². The summed E-state index contributed by atoms with van der Waals surface area (Å²) in [6.07, 6.45) is 6.48. The molecule has 3 rings (SSSR count). The van der Waals surface area contributed by atoms with E-state index in [1.807, 2.05) is 17.1 Å². The Kier molecular flexibility index (Phi) is 3.48. The van der Waals surface area contributed by atoms with Gasteiger partial charge in [0.1, 0.15) is 0 Å². The molecule has 1 aliphatic carbocycles. The van der Waals surface area contributed by atoms with Gasteiger partial charge < -0.3 is 5.32 Å². The lowest BCUT2D eigenvalue weighted by Crippen LogP contribution is -2.15. The fourth-order valence-corrected chi connectivity index (χ4v) is 2.25. The zero-order chi connectivity index (χ0) is 12.4. The van der Waals surface area contributed by atoms with Gasteiger partial charge in [0.05, 0.1) is 17.2 Å². The van der Waals surface area contributed by atoms with Crippen LogP contribution in [-0.4, -0.2) is 15.8 Å². The number of hydrogen-bond donors (Lipinski definition) is 1. The van der Waals surface area contributed by atoms with Crippen molar-refractivity contribution in [3.63, 3.8) is 0 Å². The zero-order valence-corrected chi connectivity index (χ0v) is 11.7. The van der Waals surface area contributed by atoms with Crippen molar-refractivity contribution >= 4 is 15.9 Å². The van der Waals surface area contributed by atoms with Crippen LogP contribution in [0.3, 0.4) is 0 Å². The van der Waals surface area contributed by atoms with E-state index in [1.54, 1.807) is 0 Å². The van der Waals surface area contributed by atoms with E-state index in [2.05, 4.69) is 50.6 Å². The lowest BCUT2D eigenvalue weighted by Gasteiger charge is -2.05. The molecule has 0 radical (unpaired) electrons. The molecule has 3 nitrogen and oxygen atoms in total. The second kappa shape index (κ2) is 5.24. The highest BCUT2D eigenvalue weighted by molar-refractivity contribution is 9.10. The van der Waals surface area contributed by atoms with Gasteiger partial charge in [-0.2, -0.15) is 5.10 Å². The van der Waals surface area contributed by atoms with Crippen molar-refractivity contribution < 1.29 is 0 Å². The number of nitrogens with one attached hydrogen (secondary N) is 1. The van der Waals surface area contributed by atoms with Gasteiger partial charge in [-0.05, 0) is 39.9 Å². The quantitative estimate of drug-likeness (QED) is 0.920. The predicted molar refractivity (Wildman–Crippen MR) is 75.3 cm³/mol. The molecule has 0 bridgehead atoms. The Morgan fingerprint density at radius 1 is 1.22 bits per heavy atom. The van der Waals surface area contributed by atoms with Crippen LogP contribution in [0.25, 0.3) is 0 Å². The molecule has 1 heterocycles. The largest absolute Gasteiger partial charge is 0.310 e. The third-order valence-corrected chi connectivity index (χ3v) is 3.55. The Labute approximate surface area is 115 Å². The van der Waals surface area contributed by atoms with Gasteiger partial charge in [-0.3, -0.25) is 4.68 Å². The maximum atomic E-state index is 4.26. The van der Waals surface area contributed by atoms with E-state index in [1.165, 1.54) is 24.0 Å². The van der Waals surface area contributed by atoms with Crippen molar-refractivity contribution in [2.75, 3.05) is 0 Å². The number of nitrogens with zero attached hydrogens (tertiary/aromatic N) is 2. The van der Waals surface area contributed by atoms with E-state index < -0.39 is 0 Å². The molecule has 0 atom stereocenters. The van der Waals surface area contributed by atoms with Crippen molar-refractivity contribution in [1.29, 1.82) is 0 Å². The maximum Gasteiger partial charge on any atom is 0.0659 e. The summed E-state index contributed by atoms with van der Waals surface area (Å²) in [6, 6.07) is 9.53. The van der Waals surface area contributed by atoms with Crippen LogP contribution in [0, 0.1) is 0 Å². The molecular formula is C14H16BrN3. The van der Waals surface area contributed by atoms with Crippen LogP contribution < -0.4 is 5.32 Å². The van der Waals surface area contributed by atoms with Gasteiger partial charge in [-0.1, -0.05) is 24.3 Å². The summed E-state index contributed by atoms with van der Waals surface area (Å²) in [5.41, 5.74) is 2.63. The summed E-state index contributed by atoms with van der Waals surface area (Å²) in [4.78, 5) is 0. The molecule has 1 fully saturated rings. The lowest BCUT2D eigenvalue weighted by atomic mass is 10.1. The summed E-state index contributed by atoms with van der Waals surface area (Å²) in [7, 11) is 0. The molecule has 0 unspecified atom stereocenters. The third-order valence-electron chi connectivity index (χ3n) is 3.14. The monoisotopic (exact) mass is 305 g/mol. The van der Waals surface area contributed by atoms with E-state index in [0.29, 0.717) is 0 Å². The van der Waals surface area contributed by atoms with Crippen LogP contribution in [0.4, 0.5) is 0 Å². The first-order valence-electron chi connectivity index (χ1n) is 6.29. The highest BCUT2D eigenvalue weighted by atomic mass is 79.9. The molecule has 1 aromatic carbocycles. The molecule has 0 saturated heterocycles. The van der Waals surface area contributed by atoms with Crippen molar-refractivity contribution in [3.8, 4) is 0 Å². The van der Waals surface area contributed by atoms with Crippen LogP contribution in [0.15, 0.2) is 41.1 Å². The molecule has 4 heteroatoms. The number of benzene rings is 1. The first kappa shape index (κ1) is 11.9. The summed E-state index contributed by atoms with van der Waals surface area (Å²) < 4.78 is 2.95. The minimum absolute atomic E-state index is 0.770. The Hall–Kier alpha value is -1.13. The van der Waals surface area contributed by atoms with Gasteiger partial charge in [-0.15, -0.1) is 0 Å². The normalized spacial score (nSPS) is 14.9.